The molecule has 132 valence electrons. The number of phenolic OH excluding ortho intramolecular Hbond substituents is 1. The van der Waals surface area contributed by atoms with E-state index in [-0.39, 0.29) is 17.8 Å². The van der Waals surface area contributed by atoms with Crippen LogP contribution in [0.15, 0.2) is 18.2 Å². The molecule has 2 aliphatic heterocycles. The molecule has 0 radical (unpaired) electrons. The third-order valence-electron chi connectivity index (χ3n) is 5.15. The molecule has 0 saturated heterocycles. The predicted octanol–water partition coefficient (Wildman–Crippen LogP) is 2.83. The summed E-state index contributed by atoms with van der Waals surface area (Å²) in [5.41, 5.74) is 3.77. The molecule has 3 heterocycles. The Morgan fingerprint density at radius 2 is 2.16 bits per heavy atom. The lowest BCUT2D eigenvalue weighted by Crippen LogP contribution is -2.38. The molecule has 6 heteroatoms. The summed E-state index contributed by atoms with van der Waals surface area (Å²) >= 11 is 1.71. The number of thiophene rings is 1. The summed E-state index contributed by atoms with van der Waals surface area (Å²) in [5, 5.41) is 10.2. The number of hydrogen-bond acceptors (Lipinski definition) is 6. The van der Waals surface area contributed by atoms with E-state index in [1.807, 2.05) is 12.1 Å². The van der Waals surface area contributed by atoms with Crippen molar-refractivity contribution in [2.24, 2.45) is 0 Å². The lowest BCUT2D eigenvalue weighted by molar-refractivity contribution is -0.139. The number of ether oxygens (including phenoxy) is 2. The van der Waals surface area contributed by atoms with Crippen LogP contribution in [0.2, 0.25) is 0 Å². The number of carbonyl (C=O) groups is 1. The summed E-state index contributed by atoms with van der Waals surface area (Å²) in [5.74, 6) is 0.547. The number of fused-ring (bicyclic) bond motifs is 4. The third kappa shape index (κ3) is 2.89. The van der Waals surface area contributed by atoms with Crippen molar-refractivity contribution in [2.75, 3.05) is 20.8 Å². The van der Waals surface area contributed by atoms with Gasteiger partial charge in [0.25, 0.3) is 0 Å². The maximum atomic E-state index is 11.5. The Balaban J connectivity index is 1.64. The monoisotopic (exact) mass is 359 g/mol. The van der Waals surface area contributed by atoms with E-state index >= 15 is 0 Å². The Bertz CT molecular complexity index is 829. The predicted molar refractivity (Wildman–Crippen MR) is 95.3 cm³/mol. The number of carbonyl (C=O) groups excluding carboxylic acids is 1. The molecule has 0 saturated carbocycles. The number of rotatable bonds is 3. The molecule has 25 heavy (non-hydrogen) atoms. The van der Waals surface area contributed by atoms with Gasteiger partial charge >= 0.3 is 5.97 Å². The number of benzene rings is 1. The van der Waals surface area contributed by atoms with Crippen LogP contribution in [-0.2, 0) is 35.3 Å². The summed E-state index contributed by atoms with van der Waals surface area (Å²) in [7, 11) is 3.01. The second-order valence-corrected chi connectivity index (χ2v) is 7.80. The summed E-state index contributed by atoms with van der Waals surface area (Å²) in [6.07, 6.45) is 2.21. The second kappa shape index (κ2) is 6.35. The lowest BCUT2D eigenvalue weighted by atomic mass is 9.86. The van der Waals surface area contributed by atoms with Crippen molar-refractivity contribution in [3.63, 3.8) is 0 Å². The van der Waals surface area contributed by atoms with Crippen molar-refractivity contribution in [1.82, 2.24) is 4.90 Å². The Morgan fingerprint density at radius 3 is 2.92 bits per heavy atom. The van der Waals surface area contributed by atoms with Crippen LogP contribution in [0.3, 0.4) is 0 Å². The fourth-order valence-electron chi connectivity index (χ4n) is 3.89. The lowest BCUT2D eigenvalue weighted by Gasteiger charge is -2.40. The van der Waals surface area contributed by atoms with E-state index < -0.39 is 0 Å². The zero-order chi connectivity index (χ0) is 17.6. The Morgan fingerprint density at radius 1 is 1.32 bits per heavy atom. The highest BCUT2D eigenvalue weighted by Gasteiger charge is 2.34. The normalized spacial score (nSPS) is 18.9. The zero-order valence-corrected chi connectivity index (χ0v) is 15.2. The van der Waals surface area contributed by atoms with Gasteiger partial charge in [0.1, 0.15) is 0 Å². The fraction of sp³-hybridized carbons (Fsp3) is 0.421. The summed E-state index contributed by atoms with van der Waals surface area (Å²) < 4.78 is 10.0. The average Bonchev–Trinajstić information content (AvgIpc) is 3.00. The van der Waals surface area contributed by atoms with Crippen molar-refractivity contribution in [3.05, 3.63) is 44.6 Å². The molecule has 1 aromatic carbocycles. The molecule has 5 nitrogen and oxygen atoms in total. The maximum absolute atomic E-state index is 11.5. The molecule has 1 unspecified atom stereocenters. The summed E-state index contributed by atoms with van der Waals surface area (Å²) in [4.78, 5) is 16.4. The summed E-state index contributed by atoms with van der Waals surface area (Å²) in [6, 6.07) is 6.25. The second-order valence-electron chi connectivity index (χ2n) is 6.58. The molecule has 1 N–H and O–H groups in total. The first-order chi connectivity index (χ1) is 12.1. The molecule has 0 bridgehead atoms. The van der Waals surface area contributed by atoms with Crippen LogP contribution < -0.4 is 4.74 Å². The number of aromatic hydroxyl groups is 1. The fourth-order valence-corrected chi connectivity index (χ4v) is 5.10. The molecule has 0 aliphatic carbocycles. The average molecular weight is 359 g/mol. The van der Waals surface area contributed by atoms with Gasteiger partial charge in [0.05, 0.1) is 20.6 Å². The highest BCUT2D eigenvalue weighted by molar-refractivity contribution is 7.12. The molecule has 0 fully saturated rings. The van der Waals surface area contributed by atoms with E-state index in [2.05, 4.69) is 11.0 Å². The van der Waals surface area contributed by atoms with Gasteiger partial charge in [-0.2, -0.15) is 0 Å². The van der Waals surface area contributed by atoms with Gasteiger partial charge in [-0.15, -0.1) is 11.3 Å². The van der Waals surface area contributed by atoms with Crippen molar-refractivity contribution in [3.8, 4) is 11.5 Å². The third-order valence-corrected chi connectivity index (χ3v) is 6.35. The quantitative estimate of drug-likeness (QED) is 0.854. The molecular weight excluding hydrogens is 338 g/mol. The number of phenols is 1. The van der Waals surface area contributed by atoms with E-state index in [4.69, 9.17) is 9.47 Å². The van der Waals surface area contributed by atoms with Crippen LogP contribution in [0.25, 0.3) is 0 Å². The molecule has 1 aromatic heterocycles. The minimum atomic E-state index is -0.196. The van der Waals surface area contributed by atoms with Crippen LogP contribution >= 0.6 is 11.3 Å². The molecule has 0 spiro atoms. The Labute approximate surface area is 150 Å². The van der Waals surface area contributed by atoms with Gasteiger partial charge in [-0.3, -0.25) is 9.69 Å². The van der Waals surface area contributed by atoms with Gasteiger partial charge in [0, 0.05) is 35.3 Å². The van der Waals surface area contributed by atoms with Crippen LogP contribution in [-0.4, -0.2) is 36.7 Å². The van der Waals surface area contributed by atoms with Crippen molar-refractivity contribution < 1.29 is 19.4 Å². The van der Waals surface area contributed by atoms with E-state index in [0.29, 0.717) is 12.2 Å². The molecule has 0 amide bonds. The van der Waals surface area contributed by atoms with Crippen molar-refractivity contribution >= 4 is 17.3 Å². The maximum Gasteiger partial charge on any atom is 0.310 e. The van der Waals surface area contributed by atoms with E-state index in [1.54, 1.807) is 18.4 Å². The smallest absolute Gasteiger partial charge is 0.310 e. The van der Waals surface area contributed by atoms with Gasteiger partial charge < -0.3 is 14.6 Å². The molecule has 2 aliphatic rings. The minimum absolute atomic E-state index is 0.196. The van der Waals surface area contributed by atoms with Gasteiger partial charge in [0.2, 0.25) is 0 Å². The molecular formula is C19H21NO4S. The first kappa shape index (κ1) is 16.4. The van der Waals surface area contributed by atoms with Crippen LogP contribution in [0.5, 0.6) is 11.5 Å². The topological polar surface area (TPSA) is 59.0 Å². The Hall–Kier alpha value is -2.05. The minimum Gasteiger partial charge on any atom is -0.504 e. The highest BCUT2D eigenvalue weighted by atomic mass is 32.1. The van der Waals surface area contributed by atoms with Gasteiger partial charge in [0.15, 0.2) is 11.5 Å². The first-order valence-corrected chi connectivity index (χ1v) is 9.21. The van der Waals surface area contributed by atoms with Crippen molar-refractivity contribution in [1.29, 1.82) is 0 Å². The summed E-state index contributed by atoms with van der Waals surface area (Å²) in [6.45, 7) is 1.89. The van der Waals surface area contributed by atoms with Gasteiger partial charge in [-0.05, 0) is 41.3 Å². The van der Waals surface area contributed by atoms with Crippen LogP contribution in [0.4, 0.5) is 0 Å². The molecule has 4 rings (SSSR count). The van der Waals surface area contributed by atoms with Crippen molar-refractivity contribution in [2.45, 2.75) is 31.8 Å². The molecule has 1 atom stereocenters. The van der Waals surface area contributed by atoms with E-state index in [0.717, 1.165) is 30.8 Å². The number of methoxy groups -OCH3 is 2. The van der Waals surface area contributed by atoms with Gasteiger partial charge in [-0.1, -0.05) is 0 Å². The van der Waals surface area contributed by atoms with Gasteiger partial charge in [-0.25, -0.2) is 0 Å². The van der Waals surface area contributed by atoms with E-state index in [1.165, 1.54) is 28.7 Å². The number of hydrogen-bond donors (Lipinski definition) is 1. The largest absolute Gasteiger partial charge is 0.504 e. The van der Waals surface area contributed by atoms with E-state index in [9.17, 15) is 9.90 Å². The Kier molecular flexibility index (Phi) is 4.17. The number of esters is 1. The zero-order valence-electron chi connectivity index (χ0n) is 14.4. The SMILES string of the molecule is COC(=O)Cc1cc2c(s1)CC1c3cc(O)c(OC)cc3CCN1C2. The standard InChI is InChI=1S/C19H21NO4S/c1-23-17-6-11-3-4-20-10-12-5-13(7-19(22)24-2)25-18(12)9-15(20)14(11)8-16(17)21/h5-6,8,15,21H,3-4,7,9-10H2,1-2H3. The number of nitrogens with zero attached hydrogens (tertiary/aromatic N) is 1. The van der Waals surface area contributed by atoms with Crippen LogP contribution in [0.1, 0.15) is 32.5 Å². The highest BCUT2D eigenvalue weighted by Crippen LogP contribution is 2.43. The first-order valence-electron chi connectivity index (χ1n) is 8.40. The van der Waals surface area contributed by atoms with Crippen LogP contribution in [0, 0.1) is 0 Å². The molecule has 2 aromatic rings.